The molecule has 5 heteroatoms. The first-order valence-corrected chi connectivity index (χ1v) is 6.91. The highest BCUT2D eigenvalue weighted by Gasteiger charge is 2.35. The van der Waals surface area contributed by atoms with Gasteiger partial charge in [0, 0.05) is 25.4 Å². The standard InChI is InChI=1S/C12H20N2O2S/c1-5-6-9(2)11(15)14-8-17-7-10(14)12(16)13(3)4/h6,10H,5,7-8H2,1-4H3/b9-6-/t10-/m0/s1. The van der Waals surface area contributed by atoms with Crippen molar-refractivity contribution in [2.75, 3.05) is 25.7 Å². The molecule has 0 saturated carbocycles. The molecule has 1 fully saturated rings. The third-order valence-electron chi connectivity index (χ3n) is 2.72. The molecule has 0 aromatic carbocycles. The Balaban J connectivity index is 2.79. The molecule has 0 unspecified atom stereocenters. The molecule has 96 valence electrons. The quantitative estimate of drug-likeness (QED) is 0.715. The van der Waals surface area contributed by atoms with E-state index in [1.807, 2.05) is 19.9 Å². The van der Waals surface area contributed by atoms with Gasteiger partial charge in [-0.3, -0.25) is 9.59 Å². The van der Waals surface area contributed by atoms with E-state index in [4.69, 9.17) is 0 Å². The van der Waals surface area contributed by atoms with Gasteiger partial charge in [0.15, 0.2) is 0 Å². The van der Waals surface area contributed by atoms with Crippen molar-refractivity contribution in [3.63, 3.8) is 0 Å². The molecule has 1 heterocycles. The van der Waals surface area contributed by atoms with Gasteiger partial charge in [0.25, 0.3) is 5.91 Å². The maximum Gasteiger partial charge on any atom is 0.250 e. The van der Waals surface area contributed by atoms with Gasteiger partial charge in [0.05, 0.1) is 5.88 Å². The molecular formula is C12H20N2O2S. The highest BCUT2D eigenvalue weighted by Crippen LogP contribution is 2.23. The number of nitrogens with zero attached hydrogens (tertiary/aromatic N) is 2. The minimum absolute atomic E-state index is 0.00708. The van der Waals surface area contributed by atoms with E-state index in [1.165, 1.54) is 0 Å². The number of carbonyl (C=O) groups is 2. The summed E-state index contributed by atoms with van der Waals surface area (Å²) >= 11 is 1.63. The first-order valence-electron chi connectivity index (χ1n) is 5.75. The number of amides is 2. The van der Waals surface area contributed by atoms with Crippen molar-refractivity contribution in [3.8, 4) is 0 Å². The fourth-order valence-corrected chi connectivity index (χ4v) is 2.91. The molecule has 4 nitrogen and oxygen atoms in total. The lowest BCUT2D eigenvalue weighted by atomic mass is 10.2. The lowest BCUT2D eigenvalue weighted by Crippen LogP contribution is -2.47. The van der Waals surface area contributed by atoms with Crippen LogP contribution in [0.15, 0.2) is 11.6 Å². The van der Waals surface area contributed by atoms with Gasteiger partial charge in [0.2, 0.25) is 5.91 Å². The zero-order chi connectivity index (χ0) is 13.0. The molecule has 17 heavy (non-hydrogen) atoms. The summed E-state index contributed by atoms with van der Waals surface area (Å²) < 4.78 is 0. The Morgan fingerprint density at radius 2 is 2.12 bits per heavy atom. The first-order chi connectivity index (χ1) is 7.99. The van der Waals surface area contributed by atoms with E-state index in [2.05, 4.69) is 0 Å². The Labute approximate surface area is 107 Å². The smallest absolute Gasteiger partial charge is 0.250 e. The van der Waals surface area contributed by atoms with Gasteiger partial charge >= 0.3 is 0 Å². The summed E-state index contributed by atoms with van der Waals surface area (Å²) in [5.74, 6) is 1.30. The number of carbonyl (C=O) groups excluding carboxylic acids is 2. The monoisotopic (exact) mass is 256 g/mol. The van der Waals surface area contributed by atoms with Crippen LogP contribution in [0, 0.1) is 0 Å². The van der Waals surface area contributed by atoms with Gasteiger partial charge in [-0.15, -0.1) is 11.8 Å². The van der Waals surface area contributed by atoms with E-state index < -0.39 is 0 Å². The topological polar surface area (TPSA) is 40.6 Å². The van der Waals surface area contributed by atoms with Crippen LogP contribution in [0.5, 0.6) is 0 Å². The van der Waals surface area contributed by atoms with E-state index >= 15 is 0 Å². The minimum Gasteiger partial charge on any atom is -0.347 e. The summed E-state index contributed by atoms with van der Waals surface area (Å²) in [6.07, 6.45) is 2.74. The van der Waals surface area contributed by atoms with Crippen molar-refractivity contribution in [2.24, 2.45) is 0 Å². The molecule has 1 atom stereocenters. The lowest BCUT2D eigenvalue weighted by Gasteiger charge is -2.25. The van der Waals surface area contributed by atoms with Crippen LogP contribution in [-0.2, 0) is 9.59 Å². The van der Waals surface area contributed by atoms with E-state index in [0.717, 1.165) is 12.0 Å². The summed E-state index contributed by atoms with van der Waals surface area (Å²) in [7, 11) is 3.45. The first kappa shape index (κ1) is 14.1. The molecule has 0 spiro atoms. The van der Waals surface area contributed by atoms with Crippen molar-refractivity contribution in [2.45, 2.75) is 26.3 Å². The summed E-state index contributed by atoms with van der Waals surface area (Å²) in [6, 6.07) is -0.303. The van der Waals surface area contributed by atoms with E-state index in [-0.39, 0.29) is 17.9 Å². The van der Waals surface area contributed by atoms with Crippen molar-refractivity contribution >= 4 is 23.6 Å². The van der Waals surface area contributed by atoms with E-state index in [9.17, 15) is 9.59 Å². The molecule has 2 amide bonds. The molecule has 0 aliphatic carbocycles. The maximum absolute atomic E-state index is 12.1. The third kappa shape index (κ3) is 3.25. The van der Waals surface area contributed by atoms with Crippen LogP contribution in [0.25, 0.3) is 0 Å². The number of thioether (sulfide) groups is 1. The number of hydrogen-bond donors (Lipinski definition) is 0. The Hall–Kier alpha value is -0.970. The van der Waals surface area contributed by atoms with Crippen LogP contribution < -0.4 is 0 Å². The predicted octanol–water partition coefficient (Wildman–Crippen LogP) is 1.33. The number of rotatable bonds is 3. The van der Waals surface area contributed by atoms with Crippen molar-refractivity contribution in [1.29, 1.82) is 0 Å². The summed E-state index contributed by atoms with van der Waals surface area (Å²) in [4.78, 5) is 27.3. The van der Waals surface area contributed by atoms with Crippen molar-refractivity contribution < 1.29 is 9.59 Å². The zero-order valence-electron chi connectivity index (χ0n) is 10.9. The second kappa shape index (κ2) is 6.10. The molecule has 0 aromatic heterocycles. The Bertz CT molecular complexity index is 339. The molecule has 0 N–H and O–H groups in total. The van der Waals surface area contributed by atoms with Crippen LogP contribution in [0.1, 0.15) is 20.3 Å². The zero-order valence-corrected chi connectivity index (χ0v) is 11.7. The van der Waals surface area contributed by atoms with Crippen LogP contribution >= 0.6 is 11.8 Å². The van der Waals surface area contributed by atoms with Crippen LogP contribution in [-0.4, -0.2) is 53.4 Å². The fraction of sp³-hybridized carbons (Fsp3) is 0.667. The molecule has 0 radical (unpaired) electrons. The van der Waals surface area contributed by atoms with Gasteiger partial charge in [0.1, 0.15) is 6.04 Å². The van der Waals surface area contributed by atoms with Gasteiger partial charge in [-0.1, -0.05) is 13.0 Å². The highest BCUT2D eigenvalue weighted by atomic mass is 32.2. The summed E-state index contributed by atoms with van der Waals surface area (Å²) in [6.45, 7) is 3.81. The molecule has 1 rings (SSSR count). The Morgan fingerprint density at radius 3 is 2.65 bits per heavy atom. The van der Waals surface area contributed by atoms with Gasteiger partial charge in [-0.05, 0) is 13.3 Å². The molecule has 1 aliphatic heterocycles. The minimum atomic E-state index is -0.303. The van der Waals surface area contributed by atoms with E-state index in [1.54, 1.807) is 35.7 Å². The maximum atomic E-state index is 12.1. The summed E-state index contributed by atoms with van der Waals surface area (Å²) in [5, 5.41) is 0. The van der Waals surface area contributed by atoms with Gasteiger partial charge in [-0.2, -0.15) is 0 Å². The Kier molecular flexibility index (Phi) is 5.05. The molecule has 1 aliphatic rings. The number of hydrogen-bond acceptors (Lipinski definition) is 3. The third-order valence-corrected chi connectivity index (χ3v) is 3.73. The highest BCUT2D eigenvalue weighted by molar-refractivity contribution is 7.99. The molecule has 1 saturated heterocycles. The van der Waals surface area contributed by atoms with Gasteiger partial charge in [-0.25, -0.2) is 0 Å². The molecule has 0 bridgehead atoms. The van der Waals surface area contributed by atoms with E-state index in [0.29, 0.717) is 11.6 Å². The molecule has 0 aromatic rings. The van der Waals surface area contributed by atoms with Crippen LogP contribution in [0.4, 0.5) is 0 Å². The second-order valence-electron chi connectivity index (χ2n) is 4.32. The SMILES string of the molecule is CC/C=C(/C)C(=O)N1CSC[C@H]1C(=O)N(C)C. The normalized spacial score (nSPS) is 20.6. The van der Waals surface area contributed by atoms with Crippen LogP contribution in [0.2, 0.25) is 0 Å². The summed E-state index contributed by atoms with van der Waals surface area (Å²) in [5.41, 5.74) is 0.728. The van der Waals surface area contributed by atoms with Crippen molar-refractivity contribution in [1.82, 2.24) is 9.80 Å². The number of likely N-dealkylation sites (N-methyl/N-ethyl adjacent to an activating group) is 1. The lowest BCUT2D eigenvalue weighted by molar-refractivity contribution is -0.139. The van der Waals surface area contributed by atoms with Crippen LogP contribution in [0.3, 0.4) is 0 Å². The largest absolute Gasteiger partial charge is 0.347 e. The molecular weight excluding hydrogens is 236 g/mol. The average Bonchev–Trinajstić information content (AvgIpc) is 2.75. The average molecular weight is 256 g/mol. The second-order valence-corrected chi connectivity index (χ2v) is 5.32. The van der Waals surface area contributed by atoms with Crippen molar-refractivity contribution in [3.05, 3.63) is 11.6 Å². The Morgan fingerprint density at radius 1 is 1.47 bits per heavy atom. The predicted molar refractivity (Wildman–Crippen MR) is 70.7 cm³/mol. The van der Waals surface area contributed by atoms with Gasteiger partial charge < -0.3 is 9.80 Å². The number of allylic oxidation sites excluding steroid dienone is 1. The fourth-order valence-electron chi connectivity index (χ4n) is 1.77.